The summed E-state index contributed by atoms with van der Waals surface area (Å²) in [5.41, 5.74) is 2.28. The van der Waals surface area contributed by atoms with Crippen LogP contribution in [0, 0.1) is 13.8 Å². The number of para-hydroxylation sites is 2. The van der Waals surface area contributed by atoms with Gasteiger partial charge in [0.25, 0.3) is 5.91 Å². The van der Waals surface area contributed by atoms with Crippen LogP contribution in [0.2, 0.25) is 0 Å². The Morgan fingerprint density at radius 1 is 1.15 bits per heavy atom. The molecule has 0 saturated carbocycles. The van der Waals surface area contributed by atoms with Crippen molar-refractivity contribution < 1.29 is 18.8 Å². The van der Waals surface area contributed by atoms with Crippen molar-refractivity contribution in [2.24, 2.45) is 0 Å². The van der Waals surface area contributed by atoms with Crippen molar-refractivity contribution >= 4 is 11.6 Å². The van der Waals surface area contributed by atoms with Crippen LogP contribution in [0.15, 0.2) is 28.8 Å². The number of hydrogen-bond acceptors (Lipinski definition) is 6. The minimum atomic E-state index is -0.00877. The third-order valence-electron chi connectivity index (χ3n) is 4.57. The van der Waals surface area contributed by atoms with Crippen LogP contribution in [-0.2, 0) is 4.74 Å². The number of methoxy groups -OCH3 is 1. The molecule has 26 heavy (non-hydrogen) atoms. The maximum Gasteiger partial charge on any atom is 0.259 e. The SMILES string of the molecule is COCCOc1ccccc1N1CCN(C(=O)c2c(C)noc2C)CC1. The Bertz CT molecular complexity index is 731. The molecule has 0 unspecified atom stereocenters. The molecule has 1 aromatic carbocycles. The Balaban J connectivity index is 1.65. The number of ether oxygens (including phenoxy) is 2. The molecule has 1 aromatic heterocycles. The number of aryl methyl sites for hydroxylation is 2. The van der Waals surface area contributed by atoms with Crippen LogP contribution in [0.4, 0.5) is 5.69 Å². The van der Waals surface area contributed by atoms with E-state index >= 15 is 0 Å². The first-order chi connectivity index (χ1) is 12.6. The first-order valence-electron chi connectivity index (χ1n) is 8.79. The summed E-state index contributed by atoms with van der Waals surface area (Å²) in [5, 5.41) is 3.88. The predicted molar refractivity (Wildman–Crippen MR) is 97.9 cm³/mol. The van der Waals surface area contributed by atoms with E-state index in [2.05, 4.69) is 10.1 Å². The largest absolute Gasteiger partial charge is 0.489 e. The van der Waals surface area contributed by atoms with Crippen molar-refractivity contribution in [2.45, 2.75) is 13.8 Å². The maximum atomic E-state index is 12.8. The van der Waals surface area contributed by atoms with E-state index in [0.29, 0.717) is 43.3 Å². The molecule has 2 heterocycles. The first kappa shape index (κ1) is 18.3. The van der Waals surface area contributed by atoms with Gasteiger partial charge in [-0.1, -0.05) is 17.3 Å². The van der Waals surface area contributed by atoms with E-state index < -0.39 is 0 Å². The van der Waals surface area contributed by atoms with Gasteiger partial charge >= 0.3 is 0 Å². The van der Waals surface area contributed by atoms with Crippen LogP contribution in [0.5, 0.6) is 5.75 Å². The van der Waals surface area contributed by atoms with Crippen molar-refractivity contribution in [1.82, 2.24) is 10.1 Å². The monoisotopic (exact) mass is 359 g/mol. The van der Waals surface area contributed by atoms with E-state index in [0.717, 1.165) is 24.5 Å². The summed E-state index contributed by atoms with van der Waals surface area (Å²) in [6, 6.07) is 7.98. The van der Waals surface area contributed by atoms with Crippen molar-refractivity contribution in [2.75, 3.05) is 51.4 Å². The highest BCUT2D eigenvalue weighted by Crippen LogP contribution is 2.29. The molecule has 0 N–H and O–H groups in total. The van der Waals surface area contributed by atoms with Gasteiger partial charge in [-0.3, -0.25) is 4.79 Å². The molecule has 0 radical (unpaired) electrons. The molecule has 1 aliphatic rings. The Hall–Kier alpha value is -2.54. The zero-order valence-corrected chi connectivity index (χ0v) is 15.5. The average molecular weight is 359 g/mol. The number of aromatic nitrogens is 1. The van der Waals surface area contributed by atoms with E-state index in [9.17, 15) is 4.79 Å². The number of anilines is 1. The highest BCUT2D eigenvalue weighted by Gasteiger charge is 2.27. The minimum Gasteiger partial charge on any atom is -0.489 e. The number of carbonyl (C=O) groups is 1. The molecule has 0 bridgehead atoms. The Morgan fingerprint density at radius 2 is 1.88 bits per heavy atom. The second kappa shape index (κ2) is 8.23. The zero-order valence-electron chi connectivity index (χ0n) is 15.5. The van der Waals surface area contributed by atoms with Crippen molar-refractivity contribution in [3.8, 4) is 5.75 Å². The molecule has 3 rings (SSSR count). The second-order valence-corrected chi connectivity index (χ2v) is 6.29. The lowest BCUT2D eigenvalue weighted by Gasteiger charge is -2.36. The Kier molecular flexibility index (Phi) is 5.78. The number of carbonyl (C=O) groups excluding carboxylic acids is 1. The van der Waals surface area contributed by atoms with Crippen LogP contribution in [0.3, 0.4) is 0 Å². The Morgan fingerprint density at radius 3 is 2.54 bits per heavy atom. The third kappa shape index (κ3) is 3.83. The fraction of sp³-hybridized carbons (Fsp3) is 0.474. The van der Waals surface area contributed by atoms with Gasteiger partial charge in [0.15, 0.2) is 0 Å². The standard InChI is InChI=1S/C19H25N3O4/c1-14-18(15(2)26-20-14)19(23)22-10-8-21(9-11-22)16-6-4-5-7-17(16)25-13-12-24-3/h4-7H,8-13H2,1-3H3. The third-order valence-corrected chi connectivity index (χ3v) is 4.57. The van der Waals surface area contributed by atoms with Gasteiger partial charge in [-0.25, -0.2) is 0 Å². The first-order valence-corrected chi connectivity index (χ1v) is 8.79. The number of amides is 1. The fourth-order valence-corrected chi connectivity index (χ4v) is 3.17. The van der Waals surface area contributed by atoms with Crippen LogP contribution < -0.4 is 9.64 Å². The lowest BCUT2D eigenvalue weighted by molar-refractivity contribution is 0.0744. The van der Waals surface area contributed by atoms with Gasteiger partial charge in [-0.05, 0) is 26.0 Å². The molecule has 7 heteroatoms. The van der Waals surface area contributed by atoms with E-state index in [-0.39, 0.29) is 5.91 Å². The molecule has 7 nitrogen and oxygen atoms in total. The minimum absolute atomic E-state index is 0.00877. The highest BCUT2D eigenvalue weighted by atomic mass is 16.5. The number of hydrogen-bond donors (Lipinski definition) is 0. The summed E-state index contributed by atoms with van der Waals surface area (Å²) >= 11 is 0. The summed E-state index contributed by atoms with van der Waals surface area (Å²) in [7, 11) is 1.66. The number of piperazine rings is 1. The molecular weight excluding hydrogens is 334 g/mol. The molecule has 0 aliphatic carbocycles. The van der Waals surface area contributed by atoms with E-state index in [1.165, 1.54) is 0 Å². The number of benzene rings is 1. The highest BCUT2D eigenvalue weighted by molar-refractivity contribution is 5.96. The predicted octanol–water partition coefficient (Wildman–Crippen LogP) is 2.28. The summed E-state index contributed by atoms with van der Waals surface area (Å²) < 4.78 is 16.0. The molecule has 1 saturated heterocycles. The summed E-state index contributed by atoms with van der Waals surface area (Å²) in [4.78, 5) is 16.9. The molecular formula is C19H25N3O4. The van der Waals surface area contributed by atoms with Gasteiger partial charge in [0.05, 0.1) is 18.0 Å². The van der Waals surface area contributed by atoms with Gasteiger partial charge in [0, 0.05) is 33.3 Å². The molecule has 2 aromatic rings. The van der Waals surface area contributed by atoms with E-state index in [4.69, 9.17) is 14.0 Å². The Labute approximate surface area is 153 Å². The lowest BCUT2D eigenvalue weighted by Crippen LogP contribution is -2.49. The normalized spacial score (nSPS) is 14.6. The summed E-state index contributed by atoms with van der Waals surface area (Å²) in [5.74, 6) is 1.41. The quantitative estimate of drug-likeness (QED) is 0.737. The second-order valence-electron chi connectivity index (χ2n) is 6.29. The molecule has 140 valence electrons. The van der Waals surface area contributed by atoms with Crippen molar-refractivity contribution in [1.29, 1.82) is 0 Å². The van der Waals surface area contributed by atoms with E-state index in [1.807, 2.05) is 29.2 Å². The van der Waals surface area contributed by atoms with E-state index in [1.54, 1.807) is 21.0 Å². The maximum absolute atomic E-state index is 12.8. The topological polar surface area (TPSA) is 68.0 Å². The van der Waals surface area contributed by atoms with Gasteiger partial charge < -0.3 is 23.8 Å². The number of nitrogens with zero attached hydrogens (tertiary/aromatic N) is 3. The average Bonchev–Trinajstić information content (AvgIpc) is 3.00. The summed E-state index contributed by atoms with van der Waals surface area (Å²) in [6.45, 7) is 7.43. The van der Waals surface area contributed by atoms with Crippen molar-refractivity contribution in [3.05, 3.63) is 41.3 Å². The molecule has 0 atom stereocenters. The van der Waals surface area contributed by atoms with Gasteiger partial charge in [-0.2, -0.15) is 0 Å². The fourth-order valence-electron chi connectivity index (χ4n) is 3.17. The van der Waals surface area contributed by atoms with Gasteiger partial charge in [0.2, 0.25) is 0 Å². The molecule has 1 aliphatic heterocycles. The van der Waals surface area contributed by atoms with Crippen LogP contribution in [0.1, 0.15) is 21.8 Å². The summed E-state index contributed by atoms with van der Waals surface area (Å²) in [6.07, 6.45) is 0. The molecule has 0 spiro atoms. The van der Waals surface area contributed by atoms with Crippen LogP contribution >= 0.6 is 0 Å². The van der Waals surface area contributed by atoms with Crippen LogP contribution in [0.25, 0.3) is 0 Å². The lowest BCUT2D eigenvalue weighted by atomic mass is 10.1. The zero-order chi connectivity index (χ0) is 18.5. The molecule has 1 fully saturated rings. The van der Waals surface area contributed by atoms with Gasteiger partial charge in [-0.15, -0.1) is 0 Å². The van der Waals surface area contributed by atoms with Gasteiger partial charge in [0.1, 0.15) is 23.7 Å². The van der Waals surface area contributed by atoms with Crippen molar-refractivity contribution in [3.63, 3.8) is 0 Å². The smallest absolute Gasteiger partial charge is 0.259 e. The number of rotatable bonds is 6. The van der Waals surface area contributed by atoms with Crippen LogP contribution in [-0.4, -0.2) is 62.5 Å². The molecule has 1 amide bonds.